The number of carbonyl (C=O) groups excluding carboxylic acids is 1. The van der Waals surface area contributed by atoms with E-state index in [9.17, 15) is 9.59 Å². The van der Waals surface area contributed by atoms with E-state index in [1.54, 1.807) is 23.4 Å². The van der Waals surface area contributed by atoms with E-state index in [2.05, 4.69) is 20.2 Å². The van der Waals surface area contributed by atoms with Crippen LogP contribution in [0.2, 0.25) is 0 Å². The zero-order valence-electron chi connectivity index (χ0n) is 17.2. The highest BCUT2D eigenvalue weighted by Gasteiger charge is 2.37. The Morgan fingerprint density at radius 2 is 2.17 bits per heavy atom. The molecule has 4 N–H and O–H groups in total. The quantitative estimate of drug-likeness (QED) is 0.570. The van der Waals surface area contributed by atoms with E-state index >= 15 is 0 Å². The third-order valence-electron chi connectivity index (χ3n) is 5.71. The molecule has 0 radical (unpaired) electrons. The van der Waals surface area contributed by atoms with Gasteiger partial charge in [-0.2, -0.15) is 0 Å². The summed E-state index contributed by atoms with van der Waals surface area (Å²) in [5, 5.41) is 3.04. The van der Waals surface area contributed by atoms with Crippen LogP contribution in [0.5, 0.6) is 0 Å². The maximum absolute atomic E-state index is 12.7. The summed E-state index contributed by atoms with van der Waals surface area (Å²) in [4.78, 5) is 36.1. The van der Waals surface area contributed by atoms with Gasteiger partial charge < -0.3 is 25.8 Å². The molecule has 1 saturated heterocycles. The Bertz CT molecular complexity index is 991. The smallest absolute Gasteiger partial charge is 0.271 e. The Kier molecular flexibility index (Phi) is 5.85. The van der Waals surface area contributed by atoms with Crippen LogP contribution in [0.25, 0.3) is 11.1 Å². The summed E-state index contributed by atoms with van der Waals surface area (Å²) in [6.45, 7) is 2.42. The molecule has 0 atom stereocenters. The standard InChI is InChI=1S/C22H28N6O2/c1-24-20-10-16(6-8-25-20)17-9-19(22(30)26-11-17)28(12-15-4-5-15)18-13-27(14-18)21(29)3-2-7-23/h2-3,6,8-11,15,18H,4-5,7,12-14,23H2,1H3,(H,24,25)(H,26,30)/b3-2+. The zero-order valence-corrected chi connectivity index (χ0v) is 17.2. The monoisotopic (exact) mass is 408 g/mol. The van der Waals surface area contributed by atoms with E-state index in [0.29, 0.717) is 31.2 Å². The van der Waals surface area contributed by atoms with Crippen LogP contribution in [-0.4, -0.2) is 60.0 Å². The number of rotatable bonds is 8. The van der Waals surface area contributed by atoms with Crippen molar-refractivity contribution >= 4 is 17.4 Å². The van der Waals surface area contributed by atoms with Crippen molar-refractivity contribution in [2.24, 2.45) is 11.7 Å². The van der Waals surface area contributed by atoms with Gasteiger partial charge in [-0.25, -0.2) is 4.98 Å². The highest BCUT2D eigenvalue weighted by atomic mass is 16.2. The molecule has 1 aliphatic heterocycles. The summed E-state index contributed by atoms with van der Waals surface area (Å²) in [7, 11) is 1.83. The second-order valence-corrected chi connectivity index (χ2v) is 7.91. The van der Waals surface area contributed by atoms with Gasteiger partial charge in [-0.3, -0.25) is 9.59 Å². The molecule has 4 rings (SSSR count). The number of likely N-dealkylation sites (tertiary alicyclic amines) is 1. The molecule has 8 heteroatoms. The third kappa shape index (κ3) is 4.38. The highest BCUT2D eigenvalue weighted by molar-refractivity contribution is 5.88. The van der Waals surface area contributed by atoms with Gasteiger partial charge >= 0.3 is 0 Å². The van der Waals surface area contributed by atoms with Crippen molar-refractivity contribution in [2.75, 3.05) is 43.4 Å². The van der Waals surface area contributed by atoms with Crippen LogP contribution in [-0.2, 0) is 4.79 Å². The Morgan fingerprint density at radius 3 is 2.87 bits per heavy atom. The lowest BCUT2D eigenvalue weighted by molar-refractivity contribution is -0.130. The molecule has 2 aliphatic rings. The SMILES string of the molecule is CNc1cc(-c2c[nH]c(=O)c(N(CC3CC3)C3CN(C(=O)/C=C/CN)C3)c2)ccn1. The van der Waals surface area contributed by atoms with Gasteiger partial charge in [-0.05, 0) is 42.5 Å². The van der Waals surface area contributed by atoms with Gasteiger partial charge in [0.1, 0.15) is 11.5 Å². The van der Waals surface area contributed by atoms with E-state index in [1.807, 2.05) is 25.2 Å². The number of nitrogens with one attached hydrogen (secondary N) is 2. The normalized spacial score (nSPS) is 16.5. The number of pyridine rings is 2. The number of carbonyl (C=O) groups is 1. The average molecular weight is 409 g/mol. The molecule has 0 aromatic carbocycles. The Hall–Kier alpha value is -3.13. The lowest BCUT2D eigenvalue weighted by Gasteiger charge is -2.46. The lowest BCUT2D eigenvalue weighted by Crippen LogP contribution is -2.62. The first-order valence-electron chi connectivity index (χ1n) is 10.4. The lowest BCUT2D eigenvalue weighted by atomic mass is 10.0. The maximum Gasteiger partial charge on any atom is 0.271 e. The van der Waals surface area contributed by atoms with Crippen molar-refractivity contribution in [2.45, 2.75) is 18.9 Å². The second-order valence-electron chi connectivity index (χ2n) is 7.91. The molecule has 2 fully saturated rings. The molecule has 8 nitrogen and oxygen atoms in total. The van der Waals surface area contributed by atoms with Gasteiger partial charge in [0.15, 0.2) is 0 Å². The minimum Gasteiger partial charge on any atom is -0.373 e. The minimum absolute atomic E-state index is 0.0258. The van der Waals surface area contributed by atoms with Crippen LogP contribution in [0.3, 0.4) is 0 Å². The summed E-state index contributed by atoms with van der Waals surface area (Å²) in [6.07, 6.45) is 9.07. The number of H-pyrrole nitrogens is 1. The highest BCUT2D eigenvalue weighted by Crippen LogP contribution is 2.34. The van der Waals surface area contributed by atoms with Crippen molar-refractivity contribution in [3.8, 4) is 11.1 Å². The van der Waals surface area contributed by atoms with Crippen molar-refractivity contribution in [1.29, 1.82) is 0 Å². The molecule has 2 aromatic heterocycles. The van der Waals surface area contributed by atoms with E-state index in [1.165, 1.54) is 18.9 Å². The van der Waals surface area contributed by atoms with E-state index in [0.717, 1.165) is 23.5 Å². The van der Waals surface area contributed by atoms with Gasteiger partial charge in [-0.15, -0.1) is 0 Å². The molecule has 0 unspecified atom stereocenters. The van der Waals surface area contributed by atoms with Crippen molar-refractivity contribution in [3.63, 3.8) is 0 Å². The van der Waals surface area contributed by atoms with Crippen LogP contribution in [0.1, 0.15) is 12.8 Å². The first-order chi connectivity index (χ1) is 14.6. The number of aromatic nitrogens is 2. The topological polar surface area (TPSA) is 107 Å². The minimum atomic E-state index is -0.102. The number of nitrogens with two attached hydrogens (primary N) is 1. The van der Waals surface area contributed by atoms with E-state index in [-0.39, 0.29) is 17.5 Å². The summed E-state index contributed by atoms with van der Waals surface area (Å²) in [5.41, 5.74) is 7.91. The molecular formula is C22H28N6O2. The van der Waals surface area contributed by atoms with Gasteiger partial charge in [0, 0.05) is 57.3 Å². The zero-order chi connectivity index (χ0) is 21.1. The van der Waals surface area contributed by atoms with Gasteiger partial charge in [0.05, 0.1) is 6.04 Å². The molecule has 30 heavy (non-hydrogen) atoms. The first-order valence-corrected chi connectivity index (χ1v) is 10.4. The van der Waals surface area contributed by atoms with Crippen LogP contribution in [0, 0.1) is 5.92 Å². The predicted octanol–water partition coefficient (Wildman–Crippen LogP) is 1.42. The molecule has 0 bridgehead atoms. The number of aromatic amines is 1. The summed E-state index contributed by atoms with van der Waals surface area (Å²) in [5.74, 6) is 1.36. The molecule has 1 aliphatic carbocycles. The Labute approximate surface area is 175 Å². The van der Waals surface area contributed by atoms with Gasteiger partial charge in [0.25, 0.3) is 5.56 Å². The number of nitrogens with zero attached hydrogens (tertiary/aromatic N) is 3. The fraction of sp³-hybridized carbons (Fsp3) is 0.409. The number of amides is 1. The Balaban J connectivity index is 1.58. The van der Waals surface area contributed by atoms with Crippen LogP contribution in [0.15, 0.2) is 47.5 Å². The fourth-order valence-corrected chi connectivity index (χ4v) is 3.73. The van der Waals surface area contributed by atoms with Crippen molar-refractivity contribution < 1.29 is 4.79 Å². The third-order valence-corrected chi connectivity index (χ3v) is 5.71. The number of hydrogen-bond donors (Lipinski definition) is 3. The molecule has 158 valence electrons. The molecular weight excluding hydrogens is 380 g/mol. The average Bonchev–Trinajstić information content (AvgIpc) is 3.55. The summed E-state index contributed by atoms with van der Waals surface area (Å²) < 4.78 is 0. The van der Waals surface area contributed by atoms with E-state index in [4.69, 9.17) is 5.73 Å². The molecule has 1 saturated carbocycles. The second kappa shape index (κ2) is 8.71. The molecule has 1 amide bonds. The van der Waals surface area contributed by atoms with Crippen molar-refractivity contribution in [3.05, 3.63) is 53.1 Å². The van der Waals surface area contributed by atoms with Crippen LogP contribution in [0.4, 0.5) is 11.5 Å². The number of hydrogen-bond acceptors (Lipinski definition) is 6. The van der Waals surface area contributed by atoms with Gasteiger partial charge in [-0.1, -0.05) is 6.08 Å². The maximum atomic E-state index is 12.7. The first kappa shape index (κ1) is 20.2. The summed E-state index contributed by atoms with van der Waals surface area (Å²) >= 11 is 0. The Morgan fingerprint density at radius 1 is 1.37 bits per heavy atom. The molecule has 2 aromatic rings. The van der Waals surface area contributed by atoms with Crippen molar-refractivity contribution in [1.82, 2.24) is 14.9 Å². The van der Waals surface area contributed by atoms with Gasteiger partial charge in [0.2, 0.25) is 5.91 Å². The predicted molar refractivity (Wildman–Crippen MR) is 118 cm³/mol. The fourth-order valence-electron chi connectivity index (χ4n) is 3.73. The molecule has 0 spiro atoms. The molecule has 3 heterocycles. The van der Waals surface area contributed by atoms with E-state index < -0.39 is 0 Å². The largest absolute Gasteiger partial charge is 0.373 e. The van der Waals surface area contributed by atoms with Crippen LogP contribution < -0.4 is 21.5 Å². The van der Waals surface area contributed by atoms with Crippen LogP contribution >= 0.6 is 0 Å². The summed E-state index contributed by atoms with van der Waals surface area (Å²) in [6, 6.07) is 5.98. The number of anilines is 2.